The number of rotatable bonds is 12. The Morgan fingerprint density at radius 1 is 1.13 bits per heavy atom. The van der Waals surface area contributed by atoms with Gasteiger partial charge in [-0.25, -0.2) is 14.8 Å². The summed E-state index contributed by atoms with van der Waals surface area (Å²) in [5.74, 6) is 2.92. The predicted molar refractivity (Wildman–Crippen MR) is 180 cm³/mol. The van der Waals surface area contributed by atoms with E-state index in [0.717, 1.165) is 45.9 Å². The van der Waals surface area contributed by atoms with Gasteiger partial charge in [0.25, 0.3) is 0 Å². The predicted octanol–water partition coefficient (Wildman–Crippen LogP) is 7.32. The zero-order valence-corrected chi connectivity index (χ0v) is 29.8. The van der Waals surface area contributed by atoms with Crippen LogP contribution in [0.5, 0.6) is 5.75 Å². The van der Waals surface area contributed by atoms with Crippen molar-refractivity contribution in [3.63, 3.8) is 0 Å². The van der Waals surface area contributed by atoms with Crippen LogP contribution < -0.4 is 15.4 Å². The molecule has 1 unspecified atom stereocenters. The van der Waals surface area contributed by atoms with Crippen molar-refractivity contribution >= 4 is 36.7 Å². The fourth-order valence-corrected chi connectivity index (χ4v) is 6.81. The number of aromatic nitrogens is 5. The van der Waals surface area contributed by atoms with Gasteiger partial charge in [0.15, 0.2) is 14.1 Å². The van der Waals surface area contributed by atoms with Gasteiger partial charge >= 0.3 is 6.09 Å². The zero-order valence-electron chi connectivity index (χ0n) is 28.0. The summed E-state index contributed by atoms with van der Waals surface area (Å²) in [6.45, 7) is 16.8. The van der Waals surface area contributed by atoms with E-state index in [9.17, 15) is 4.79 Å². The first-order valence-corrected chi connectivity index (χ1v) is 19.2. The average Bonchev–Trinajstić information content (AvgIpc) is 3.67. The summed E-state index contributed by atoms with van der Waals surface area (Å²) in [6.07, 6.45) is 1.35. The molecule has 2 N–H and O–H groups in total. The first kappa shape index (κ1) is 33.5. The van der Waals surface area contributed by atoms with E-state index in [2.05, 4.69) is 59.9 Å². The molecule has 0 aliphatic heterocycles. The van der Waals surface area contributed by atoms with Crippen LogP contribution in [0, 0.1) is 20.8 Å². The third-order valence-electron chi connectivity index (χ3n) is 8.41. The van der Waals surface area contributed by atoms with Gasteiger partial charge in [0.05, 0.1) is 17.0 Å². The highest BCUT2D eigenvalue weighted by Crippen LogP contribution is 2.43. The van der Waals surface area contributed by atoms with Crippen molar-refractivity contribution in [1.29, 1.82) is 0 Å². The van der Waals surface area contributed by atoms with Crippen LogP contribution in [0.2, 0.25) is 18.1 Å². The molecular formula is C32H43N7O5SSi. The number of anilines is 2. The van der Waals surface area contributed by atoms with Gasteiger partial charge in [-0.2, -0.15) is 0 Å². The maximum absolute atomic E-state index is 11.9. The standard InChI is InChI=1S/C32H43N7O5SSi/c1-18-26(25-19(2)39-43-20(25)3)34-28(35-27(18)36-30-38-37-29(45-30)21-13-14-21)22-11-10-12-23(15-22)41-16-24(17-42-31(40)33-7)44-46(8,9)32(4,5)6/h10-12,15,21,24H,13-14,16-17H2,1-9H3,(H,33,40)(H,34,35,36,38). The molecule has 1 amide bonds. The minimum atomic E-state index is -2.18. The van der Waals surface area contributed by atoms with Crippen molar-refractivity contribution in [2.45, 2.75) is 84.5 Å². The van der Waals surface area contributed by atoms with Crippen LogP contribution in [0.15, 0.2) is 28.8 Å². The van der Waals surface area contributed by atoms with Crippen molar-refractivity contribution in [3.8, 4) is 28.4 Å². The second-order valence-corrected chi connectivity index (χ2v) is 18.9. The van der Waals surface area contributed by atoms with Gasteiger partial charge in [-0.1, -0.05) is 49.4 Å². The molecule has 14 heteroatoms. The van der Waals surface area contributed by atoms with E-state index in [1.54, 1.807) is 11.3 Å². The molecule has 5 rings (SSSR count). The van der Waals surface area contributed by atoms with E-state index in [0.29, 0.717) is 34.2 Å². The van der Waals surface area contributed by atoms with Crippen molar-refractivity contribution < 1.29 is 23.2 Å². The van der Waals surface area contributed by atoms with Crippen LogP contribution in [0.25, 0.3) is 22.6 Å². The van der Waals surface area contributed by atoms with Crippen molar-refractivity contribution in [2.24, 2.45) is 0 Å². The summed E-state index contributed by atoms with van der Waals surface area (Å²) in [6, 6.07) is 7.60. The number of nitrogens with zero attached hydrogens (tertiary/aromatic N) is 5. The lowest BCUT2D eigenvalue weighted by Gasteiger charge is -2.39. The van der Waals surface area contributed by atoms with Crippen LogP contribution in [0.4, 0.5) is 15.7 Å². The van der Waals surface area contributed by atoms with Gasteiger partial charge in [0.2, 0.25) is 5.13 Å². The van der Waals surface area contributed by atoms with Crippen molar-refractivity contribution in [3.05, 3.63) is 46.3 Å². The maximum atomic E-state index is 11.9. The summed E-state index contributed by atoms with van der Waals surface area (Å²) in [7, 11) is -0.653. The second kappa shape index (κ2) is 13.5. The number of carbonyl (C=O) groups excluding carboxylic acids is 1. The maximum Gasteiger partial charge on any atom is 0.406 e. The molecule has 0 spiro atoms. The number of nitrogens with one attached hydrogen (secondary N) is 2. The zero-order chi connectivity index (χ0) is 33.2. The van der Waals surface area contributed by atoms with Crippen LogP contribution >= 0.6 is 11.3 Å². The lowest BCUT2D eigenvalue weighted by atomic mass is 10.0. The molecule has 1 aliphatic carbocycles. The molecule has 0 saturated heterocycles. The van der Waals surface area contributed by atoms with Crippen LogP contribution in [-0.4, -0.2) is 66.1 Å². The van der Waals surface area contributed by atoms with E-state index in [4.69, 9.17) is 28.4 Å². The van der Waals surface area contributed by atoms with Crippen molar-refractivity contribution in [2.75, 3.05) is 25.6 Å². The second-order valence-electron chi connectivity index (χ2n) is 13.1. The lowest BCUT2D eigenvalue weighted by Crippen LogP contribution is -2.47. The fourth-order valence-electron chi connectivity index (χ4n) is 4.58. The fraction of sp³-hybridized carbons (Fsp3) is 0.500. The Hall–Kier alpha value is -3.88. The molecule has 46 heavy (non-hydrogen) atoms. The first-order valence-electron chi connectivity index (χ1n) is 15.4. The normalized spacial score (nSPS) is 14.2. The van der Waals surface area contributed by atoms with Gasteiger partial charge < -0.3 is 29.1 Å². The molecule has 0 bridgehead atoms. The number of carbonyl (C=O) groups is 1. The molecular weight excluding hydrogens is 623 g/mol. The van der Waals surface area contributed by atoms with Gasteiger partial charge in [-0.05, 0) is 63.9 Å². The Morgan fingerprint density at radius 2 is 1.89 bits per heavy atom. The molecule has 1 fully saturated rings. The molecule has 1 atom stereocenters. The molecule has 1 aromatic carbocycles. The smallest absolute Gasteiger partial charge is 0.406 e. The highest BCUT2D eigenvalue weighted by Gasteiger charge is 2.39. The average molecular weight is 666 g/mol. The van der Waals surface area contributed by atoms with Crippen molar-refractivity contribution in [1.82, 2.24) is 30.6 Å². The summed E-state index contributed by atoms with van der Waals surface area (Å²) >= 11 is 1.55. The first-order chi connectivity index (χ1) is 21.8. The number of aryl methyl sites for hydroxylation is 2. The van der Waals surface area contributed by atoms with Gasteiger partial charge in [0.1, 0.15) is 41.7 Å². The highest BCUT2D eigenvalue weighted by molar-refractivity contribution is 7.15. The van der Waals surface area contributed by atoms with Gasteiger partial charge in [0, 0.05) is 24.1 Å². The molecule has 1 aliphatic rings. The Bertz CT molecular complexity index is 1680. The SMILES string of the molecule is CNC(=O)OCC(COc1cccc(-c2nc(Nc3nnc(C4CC4)s3)c(C)c(-c3c(C)noc3C)n2)c1)O[Si](C)(C)C(C)(C)C. The van der Waals surface area contributed by atoms with Crippen LogP contribution in [0.1, 0.15) is 61.6 Å². The summed E-state index contributed by atoms with van der Waals surface area (Å²) in [5, 5.41) is 20.5. The third kappa shape index (κ3) is 7.73. The Kier molecular flexibility index (Phi) is 9.80. The van der Waals surface area contributed by atoms with Gasteiger partial charge in [-0.3, -0.25) is 0 Å². The van der Waals surface area contributed by atoms with E-state index in [1.807, 2.05) is 45.0 Å². The van der Waals surface area contributed by atoms with Crippen LogP contribution in [-0.2, 0) is 9.16 Å². The molecule has 4 aromatic rings. The van der Waals surface area contributed by atoms with E-state index in [1.165, 1.54) is 7.05 Å². The lowest BCUT2D eigenvalue weighted by molar-refractivity contribution is 0.0463. The largest absolute Gasteiger partial charge is 0.491 e. The van der Waals surface area contributed by atoms with Gasteiger partial charge in [-0.15, -0.1) is 10.2 Å². The van der Waals surface area contributed by atoms with E-state index in [-0.39, 0.29) is 18.3 Å². The number of alkyl carbamates (subject to hydrolysis) is 1. The highest BCUT2D eigenvalue weighted by atomic mass is 32.1. The minimum Gasteiger partial charge on any atom is -0.491 e. The Labute approximate surface area is 274 Å². The summed E-state index contributed by atoms with van der Waals surface area (Å²) in [4.78, 5) is 21.8. The quantitative estimate of drug-likeness (QED) is 0.147. The summed E-state index contributed by atoms with van der Waals surface area (Å²) < 4.78 is 23.7. The third-order valence-corrected chi connectivity index (χ3v) is 13.9. The van der Waals surface area contributed by atoms with E-state index < -0.39 is 20.5 Å². The molecule has 1 saturated carbocycles. The molecule has 12 nitrogen and oxygen atoms in total. The topological polar surface area (TPSA) is 146 Å². The summed E-state index contributed by atoms with van der Waals surface area (Å²) in [5.41, 5.74) is 3.89. The molecule has 3 aromatic heterocycles. The minimum absolute atomic E-state index is 0.0280. The number of hydrogen-bond acceptors (Lipinski definition) is 12. The molecule has 246 valence electrons. The number of hydrogen-bond donors (Lipinski definition) is 2. The Balaban J connectivity index is 1.44. The number of ether oxygens (including phenoxy) is 2. The molecule has 0 radical (unpaired) electrons. The Morgan fingerprint density at radius 3 is 2.54 bits per heavy atom. The molecule has 3 heterocycles. The van der Waals surface area contributed by atoms with Crippen LogP contribution in [0.3, 0.4) is 0 Å². The number of amides is 1. The monoisotopic (exact) mass is 665 g/mol. The van der Waals surface area contributed by atoms with E-state index >= 15 is 0 Å². The number of benzene rings is 1.